The molecule has 5 heteroatoms. The van der Waals surface area contributed by atoms with Gasteiger partial charge in [-0.1, -0.05) is 72.8 Å². The molecule has 5 nitrogen and oxygen atoms in total. The van der Waals surface area contributed by atoms with Gasteiger partial charge in [0.1, 0.15) is 6.54 Å². The summed E-state index contributed by atoms with van der Waals surface area (Å²) in [5.74, 6) is -0.187. The molecule has 1 N–H and O–H groups in total. The van der Waals surface area contributed by atoms with Gasteiger partial charge < -0.3 is 5.32 Å². The van der Waals surface area contributed by atoms with Crippen molar-refractivity contribution in [2.24, 2.45) is 0 Å². The van der Waals surface area contributed by atoms with E-state index in [0.29, 0.717) is 13.1 Å². The Morgan fingerprint density at radius 3 is 1.89 bits per heavy atom. The van der Waals surface area contributed by atoms with Gasteiger partial charge in [0, 0.05) is 6.54 Å². The van der Waals surface area contributed by atoms with Crippen LogP contribution in [-0.4, -0.2) is 15.0 Å². The predicted molar refractivity (Wildman–Crippen MR) is 110 cm³/mol. The topological polar surface area (TPSA) is 56.0 Å². The minimum Gasteiger partial charge on any atom is -0.350 e. The quantitative estimate of drug-likeness (QED) is 0.566. The molecule has 28 heavy (non-hydrogen) atoms. The summed E-state index contributed by atoms with van der Waals surface area (Å²) in [6, 6.07) is 27.1. The first-order valence-electron chi connectivity index (χ1n) is 9.25. The minimum atomic E-state index is -0.187. The van der Waals surface area contributed by atoms with E-state index >= 15 is 0 Å². The van der Waals surface area contributed by atoms with Crippen molar-refractivity contribution in [3.05, 3.63) is 107 Å². The number of nitrogens with one attached hydrogen (secondary N) is 1. The maximum atomic E-state index is 13.0. The molecule has 0 spiro atoms. The summed E-state index contributed by atoms with van der Waals surface area (Å²) in [7, 11) is 0. The highest BCUT2D eigenvalue weighted by molar-refractivity contribution is 5.81. The Labute approximate surface area is 162 Å². The van der Waals surface area contributed by atoms with Crippen LogP contribution >= 0.6 is 0 Å². The lowest BCUT2D eigenvalue weighted by Crippen LogP contribution is -2.33. The van der Waals surface area contributed by atoms with Gasteiger partial charge in [-0.2, -0.15) is 0 Å². The molecule has 1 amide bonds. The van der Waals surface area contributed by atoms with Crippen LogP contribution in [0.15, 0.2) is 89.7 Å². The van der Waals surface area contributed by atoms with Crippen LogP contribution in [0.4, 0.5) is 0 Å². The Kier molecular flexibility index (Phi) is 5.06. The molecule has 0 aliphatic carbocycles. The number of nitrogens with zero attached hydrogens (tertiary/aromatic N) is 2. The zero-order valence-corrected chi connectivity index (χ0v) is 15.4. The molecular formula is C23H21N3O2. The zero-order valence-electron chi connectivity index (χ0n) is 15.4. The van der Waals surface area contributed by atoms with E-state index in [1.54, 1.807) is 9.13 Å². The van der Waals surface area contributed by atoms with Crippen LogP contribution in [0.2, 0.25) is 0 Å². The number of carbonyl (C=O) groups is 1. The average Bonchev–Trinajstić information content (AvgIpc) is 3.00. The number of hydrogen-bond acceptors (Lipinski definition) is 2. The lowest BCUT2D eigenvalue weighted by molar-refractivity contribution is -0.121. The molecule has 0 atom stereocenters. The Morgan fingerprint density at radius 1 is 0.714 bits per heavy atom. The lowest BCUT2D eigenvalue weighted by atomic mass is 10.2. The van der Waals surface area contributed by atoms with Gasteiger partial charge in [0.2, 0.25) is 5.91 Å². The van der Waals surface area contributed by atoms with Gasteiger partial charge in [-0.15, -0.1) is 0 Å². The number of hydrogen-bond donors (Lipinski definition) is 1. The highest BCUT2D eigenvalue weighted by Gasteiger charge is 2.15. The highest BCUT2D eigenvalue weighted by atomic mass is 16.2. The van der Waals surface area contributed by atoms with Crippen LogP contribution in [0, 0.1) is 0 Å². The van der Waals surface area contributed by atoms with Crippen LogP contribution in [0.1, 0.15) is 11.1 Å². The first-order chi connectivity index (χ1) is 13.7. The minimum absolute atomic E-state index is 0.00598. The molecule has 140 valence electrons. The number of para-hydroxylation sites is 2. The second kappa shape index (κ2) is 7.96. The van der Waals surface area contributed by atoms with Crippen molar-refractivity contribution in [1.29, 1.82) is 0 Å². The van der Waals surface area contributed by atoms with Crippen molar-refractivity contribution >= 4 is 16.9 Å². The SMILES string of the molecule is O=C(Cn1c(=O)n(Cc2ccccc2)c2ccccc21)NCc1ccccc1. The number of carbonyl (C=O) groups excluding carboxylic acids is 1. The molecule has 0 aliphatic heterocycles. The number of benzene rings is 3. The van der Waals surface area contributed by atoms with E-state index < -0.39 is 0 Å². The molecule has 0 saturated carbocycles. The molecule has 1 heterocycles. The summed E-state index contributed by atoms with van der Waals surface area (Å²) in [6.45, 7) is 0.907. The van der Waals surface area contributed by atoms with Crippen LogP contribution < -0.4 is 11.0 Å². The monoisotopic (exact) mass is 371 g/mol. The molecule has 3 aromatic carbocycles. The molecule has 0 unspecified atom stereocenters. The first kappa shape index (κ1) is 17.8. The molecule has 0 aliphatic rings. The maximum absolute atomic E-state index is 13.0. The number of imidazole rings is 1. The third kappa shape index (κ3) is 3.74. The largest absolute Gasteiger partial charge is 0.350 e. The summed E-state index contributed by atoms with van der Waals surface area (Å²) in [5.41, 5.74) is 3.47. The first-order valence-corrected chi connectivity index (χ1v) is 9.25. The van der Waals surface area contributed by atoms with Crippen molar-refractivity contribution in [2.45, 2.75) is 19.6 Å². The van der Waals surface area contributed by atoms with E-state index in [9.17, 15) is 9.59 Å². The standard InChI is InChI=1S/C23H21N3O2/c27-22(24-15-18-9-3-1-4-10-18)17-26-21-14-8-7-13-20(21)25(23(26)28)16-19-11-5-2-6-12-19/h1-14H,15-17H2,(H,24,27). The lowest BCUT2D eigenvalue weighted by Gasteiger charge is -2.06. The van der Waals surface area contributed by atoms with Crippen LogP contribution in [0.3, 0.4) is 0 Å². The summed E-state index contributed by atoms with van der Waals surface area (Å²) < 4.78 is 3.26. The van der Waals surface area contributed by atoms with Gasteiger partial charge in [0.25, 0.3) is 0 Å². The third-order valence-corrected chi connectivity index (χ3v) is 4.74. The second-order valence-electron chi connectivity index (χ2n) is 6.69. The third-order valence-electron chi connectivity index (χ3n) is 4.74. The van der Waals surface area contributed by atoms with Gasteiger partial charge in [-0.25, -0.2) is 4.79 Å². The fourth-order valence-corrected chi connectivity index (χ4v) is 3.34. The number of aromatic nitrogens is 2. The van der Waals surface area contributed by atoms with Crippen LogP contribution in [0.5, 0.6) is 0 Å². The van der Waals surface area contributed by atoms with Crippen molar-refractivity contribution in [3.63, 3.8) is 0 Å². The highest BCUT2D eigenvalue weighted by Crippen LogP contribution is 2.14. The summed E-state index contributed by atoms with van der Waals surface area (Å²) >= 11 is 0. The van der Waals surface area contributed by atoms with Gasteiger partial charge in [0.05, 0.1) is 17.6 Å². The molecular weight excluding hydrogens is 350 g/mol. The molecule has 1 aromatic heterocycles. The molecule has 0 radical (unpaired) electrons. The van der Waals surface area contributed by atoms with Gasteiger partial charge in [0.15, 0.2) is 0 Å². The number of rotatable bonds is 6. The second-order valence-corrected chi connectivity index (χ2v) is 6.69. The van der Waals surface area contributed by atoms with E-state index in [-0.39, 0.29) is 18.1 Å². The summed E-state index contributed by atoms with van der Waals surface area (Å²) in [6.07, 6.45) is 0. The van der Waals surface area contributed by atoms with Gasteiger partial charge in [-0.3, -0.25) is 13.9 Å². The van der Waals surface area contributed by atoms with E-state index in [0.717, 1.165) is 22.2 Å². The zero-order chi connectivity index (χ0) is 19.3. The van der Waals surface area contributed by atoms with E-state index in [4.69, 9.17) is 0 Å². The van der Waals surface area contributed by atoms with Gasteiger partial charge >= 0.3 is 5.69 Å². The summed E-state index contributed by atoms with van der Waals surface area (Å²) in [4.78, 5) is 25.5. The van der Waals surface area contributed by atoms with Gasteiger partial charge in [-0.05, 0) is 23.3 Å². The summed E-state index contributed by atoms with van der Waals surface area (Å²) in [5, 5.41) is 2.89. The van der Waals surface area contributed by atoms with E-state index in [1.807, 2.05) is 84.9 Å². The Morgan fingerprint density at radius 2 is 1.25 bits per heavy atom. The Hall–Kier alpha value is -3.60. The number of fused-ring (bicyclic) bond motifs is 1. The maximum Gasteiger partial charge on any atom is 0.329 e. The van der Waals surface area contributed by atoms with E-state index in [2.05, 4.69) is 5.32 Å². The fraction of sp³-hybridized carbons (Fsp3) is 0.130. The molecule has 4 rings (SSSR count). The average molecular weight is 371 g/mol. The predicted octanol–water partition coefficient (Wildman–Crippen LogP) is 3.17. The molecule has 0 fully saturated rings. The smallest absolute Gasteiger partial charge is 0.329 e. The fourth-order valence-electron chi connectivity index (χ4n) is 3.34. The van der Waals surface area contributed by atoms with Crippen LogP contribution in [-0.2, 0) is 24.4 Å². The Balaban J connectivity index is 1.59. The molecule has 0 bridgehead atoms. The van der Waals surface area contributed by atoms with Crippen LogP contribution in [0.25, 0.3) is 11.0 Å². The van der Waals surface area contributed by atoms with Crippen molar-refractivity contribution in [1.82, 2.24) is 14.5 Å². The van der Waals surface area contributed by atoms with E-state index in [1.165, 1.54) is 0 Å². The molecule has 4 aromatic rings. The Bertz CT molecular complexity index is 1140. The van der Waals surface area contributed by atoms with Crippen molar-refractivity contribution in [2.75, 3.05) is 0 Å². The normalized spacial score (nSPS) is 10.9. The van der Waals surface area contributed by atoms with Crippen molar-refractivity contribution in [3.8, 4) is 0 Å². The number of amides is 1. The van der Waals surface area contributed by atoms with Crippen molar-refractivity contribution < 1.29 is 4.79 Å². The molecule has 0 saturated heterocycles.